The van der Waals surface area contributed by atoms with Crippen molar-refractivity contribution in [3.63, 3.8) is 0 Å². The van der Waals surface area contributed by atoms with Gasteiger partial charge in [-0.05, 0) is 52.5 Å². The SMILES string of the molecule is CC1CC1Cn1c(=S)[nH]c2cc(Br)c(F)cc21. The van der Waals surface area contributed by atoms with Crippen LogP contribution in [0.4, 0.5) is 4.39 Å². The molecule has 1 aliphatic rings. The highest BCUT2D eigenvalue weighted by atomic mass is 79.9. The van der Waals surface area contributed by atoms with E-state index in [0.29, 0.717) is 15.2 Å². The van der Waals surface area contributed by atoms with E-state index in [9.17, 15) is 4.39 Å². The molecule has 0 amide bonds. The number of rotatable bonds is 2. The Hall–Kier alpha value is -0.680. The van der Waals surface area contributed by atoms with Crippen LogP contribution in [0.3, 0.4) is 0 Å². The van der Waals surface area contributed by atoms with Crippen molar-refractivity contribution in [1.82, 2.24) is 9.55 Å². The van der Waals surface area contributed by atoms with Crippen molar-refractivity contribution in [2.24, 2.45) is 11.8 Å². The second-order valence-electron chi connectivity index (χ2n) is 4.80. The molecule has 1 N–H and O–H groups in total. The van der Waals surface area contributed by atoms with Gasteiger partial charge >= 0.3 is 0 Å². The minimum absolute atomic E-state index is 0.246. The molecule has 2 unspecified atom stereocenters. The summed E-state index contributed by atoms with van der Waals surface area (Å²) >= 11 is 8.48. The van der Waals surface area contributed by atoms with Crippen molar-refractivity contribution in [2.75, 3.05) is 0 Å². The molecular formula is C12H12BrFN2S. The van der Waals surface area contributed by atoms with Crippen LogP contribution in [0.2, 0.25) is 0 Å². The molecule has 1 fully saturated rings. The predicted molar refractivity (Wildman–Crippen MR) is 72.1 cm³/mol. The second kappa shape index (κ2) is 3.92. The molecule has 0 radical (unpaired) electrons. The molecule has 90 valence electrons. The number of aromatic nitrogens is 2. The number of fused-ring (bicyclic) bond motifs is 1. The van der Waals surface area contributed by atoms with E-state index in [1.807, 2.05) is 4.57 Å². The average molecular weight is 315 g/mol. The molecule has 0 saturated heterocycles. The first-order chi connectivity index (χ1) is 8.06. The standard InChI is InChI=1S/C12H12BrFN2S/c1-6-2-7(6)5-16-11-4-9(14)8(13)3-10(11)15-12(16)17/h3-4,6-7H,2,5H2,1H3,(H,15,17). The van der Waals surface area contributed by atoms with Gasteiger partial charge in [0.25, 0.3) is 0 Å². The fourth-order valence-electron chi connectivity index (χ4n) is 2.22. The number of aromatic amines is 1. The maximum atomic E-state index is 13.6. The van der Waals surface area contributed by atoms with E-state index < -0.39 is 0 Å². The fourth-order valence-corrected chi connectivity index (χ4v) is 2.85. The number of nitrogens with zero attached hydrogens (tertiary/aromatic N) is 1. The Morgan fingerprint density at radius 3 is 2.94 bits per heavy atom. The summed E-state index contributed by atoms with van der Waals surface area (Å²) in [5, 5.41) is 0. The van der Waals surface area contributed by atoms with E-state index >= 15 is 0 Å². The minimum atomic E-state index is -0.246. The number of nitrogens with one attached hydrogen (secondary N) is 1. The Morgan fingerprint density at radius 2 is 2.29 bits per heavy atom. The van der Waals surface area contributed by atoms with Crippen LogP contribution in [0.15, 0.2) is 16.6 Å². The van der Waals surface area contributed by atoms with Gasteiger partial charge in [-0.3, -0.25) is 0 Å². The third kappa shape index (κ3) is 1.95. The van der Waals surface area contributed by atoms with E-state index in [1.165, 1.54) is 6.42 Å². The van der Waals surface area contributed by atoms with Crippen molar-refractivity contribution < 1.29 is 4.39 Å². The summed E-state index contributed by atoms with van der Waals surface area (Å²) in [6, 6.07) is 3.28. The van der Waals surface area contributed by atoms with Crippen molar-refractivity contribution >= 4 is 39.2 Å². The Kier molecular flexibility index (Phi) is 2.63. The lowest BCUT2D eigenvalue weighted by Crippen LogP contribution is -2.00. The van der Waals surface area contributed by atoms with Crippen molar-refractivity contribution in [3.05, 3.63) is 27.2 Å². The summed E-state index contributed by atoms with van der Waals surface area (Å²) in [6.45, 7) is 3.13. The zero-order chi connectivity index (χ0) is 12.2. The van der Waals surface area contributed by atoms with Crippen LogP contribution >= 0.6 is 28.1 Å². The Morgan fingerprint density at radius 1 is 1.59 bits per heavy atom. The van der Waals surface area contributed by atoms with E-state index in [0.717, 1.165) is 23.5 Å². The van der Waals surface area contributed by atoms with E-state index in [4.69, 9.17) is 12.2 Å². The summed E-state index contributed by atoms with van der Waals surface area (Å²) in [5.74, 6) is 1.21. The summed E-state index contributed by atoms with van der Waals surface area (Å²) in [4.78, 5) is 3.12. The zero-order valence-corrected chi connectivity index (χ0v) is 11.7. The van der Waals surface area contributed by atoms with Crippen LogP contribution in [-0.2, 0) is 6.54 Å². The van der Waals surface area contributed by atoms with Crippen LogP contribution in [0.25, 0.3) is 11.0 Å². The number of hydrogen-bond acceptors (Lipinski definition) is 1. The first-order valence-corrected chi connectivity index (χ1v) is 6.84. The molecule has 1 saturated carbocycles. The molecule has 5 heteroatoms. The molecule has 3 rings (SSSR count). The van der Waals surface area contributed by atoms with Gasteiger partial charge in [0.1, 0.15) is 5.82 Å². The van der Waals surface area contributed by atoms with Crippen LogP contribution in [0.1, 0.15) is 13.3 Å². The van der Waals surface area contributed by atoms with Gasteiger partial charge in [-0.15, -0.1) is 0 Å². The van der Waals surface area contributed by atoms with Crippen molar-refractivity contribution in [1.29, 1.82) is 0 Å². The molecular weight excluding hydrogens is 303 g/mol. The maximum Gasteiger partial charge on any atom is 0.178 e. The Labute approximate surface area is 112 Å². The Bertz CT molecular complexity index is 646. The maximum absolute atomic E-state index is 13.6. The zero-order valence-electron chi connectivity index (χ0n) is 9.34. The summed E-state index contributed by atoms with van der Waals surface area (Å²) < 4.78 is 16.7. The minimum Gasteiger partial charge on any atom is -0.331 e. The lowest BCUT2D eigenvalue weighted by Gasteiger charge is -2.03. The molecule has 0 bridgehead atoms. The van der Waals surface area contributed by atoms with Gasteiger partial charge in [-0.1, -0.05) is 6.92 Å². The van der Waals surface area contributed by atoms with Gasteiger partial charge in [-0.2, -0.15) is 0 Å². The second-order valence-corrected chi connectivity index (χ2v) is 6.04. The molecule has 1 heterocycles. The fraction of sp³-hybridized carbons (Fsp3) is 0.417. The van der Waals surface area contributed by atoms with Gasteiger partial charge in [-0.25, -0.2) is 4.39 Å². The first kappa shape index (κ1) is 11.4. The average Bonchev–Trinajstić information content (AvgIpc) is 2.88. The van der Waals surface area contributed by atoms with Gasteiger partial charge in [0.15, 0.2) is 4.77 Å². The van der Waals surface area contributed by atoms with Crippen LogP contribution < -0.4 is 0 Å². The highest BCUT2D eigenvalue weighted by molar-refractivity contribution is 9.10. The van der Waals surface area contributed by atoms with E-state index in [1.54, 1.807) is 12.1 Å². The number of hydrogen-bond donors (Lipinski definition) is 1. The molecule has 1 aromatic heterocycles. The van der Waals surface area contributed by atoms with Crippen LogP contribution in [-0.4, -0.2) is 9.55 Å². The monoisotopic (exact) mass is 314 g/mol. The summed E-state index contributed by atoms with van der Waals surface area (Å²) in [6.07, 6.45) is 1.24. The largest absolute Gasteiger partial charge is 0.331 e. The first-order valence-electron chi connectivity index (χ1n) is 5.64. The molecule has 2 aromatic rings. The van der Waals surface area contributed by atoms with Gasteiger partial charge < -0.3 is 9.55 Å². The number of H-pyrrole nitrogens is 1. The van der Waals surface area contributed by atoms with Crippen LogP contribution in [0.5, 0.6) is 0 Å². The third-order valence-corrected chi connectivity index (χ3v) is 4.44. The summed E-state index contributed by atoms with van der Waals surface area (Å²) in [7, 11) is 0. The quantitative estimate of drug-likeness (QED) is 0.821. The van der Waals surface area contributed by atoms with E-state index in [-0.39, 0.29) is 5.82 Å². The van der Waals surface area contributed by atoms with Crippen LogP contribution in [0, 0.1) is 22.4 Å². The topological polar surface area (TPSA) is 20.7 Å². The number of halogens is 2. The molecule has 1 aliphatic carbocycles. The lowest BCUT2D eigenvalue weighted by molar-refractivity contribution is 0.595. The number of benzene rings is 1. The highest BCUT2D eigenvalue weighted by Crippen LogP contribution is 2.39. The molecule has 0 aliphatic heterocycles. The predicted octanol–water partition coefficient (Wildman–Crippen LogP) is 4.26. The normalized spacial score (nSPS) is 23.2. The molecule has 2 nitrogen and oxygen atoms in total. The van der Waals surface area contributed by atoms with E-state index in [2.05, 4.69) is 27.8 Å². The van der Waals surface area contributed by atoms with Crippen molar-refractivity contribution in [2.45, 2.75) is 19.9 Å². The lowest BCUT2D eigenvalue weighted by atomic mass is 10.3. The van der Waals surface area contributed by atoms with Gasteiger partial charge in [0, 0.05) is 12.6 Å². The summed E-state index contributed by atoms with van der Waals surface area (Å²) in [5.41, 5.74) is 1.74. The number of imidazole rings is 1. The third-order valence-electron chi connectivity index (χ3n) is 3.51. The van der Waals surface area contributed by atoms with Gasteiger partial charge in [0.05, 0.1) is 15.5 Å². The highest BCUT2D eigenvalue weighted by Gasteiger charge is 2.33. The van der Waals surface area contributed by atoms with Crippen molar-refractivity contribution in [3.8, 4) is 0 Å². The molecule has 1 aromatic carbocycles. The molecule has 2 atom stereocenters. The van der Waals surface area contributed by atoms with Gasteiger partial charge in [0.2, 0.25) is 0 Å². The Balaban J connectivity index is 2.13. The smallest absolute Gasteiger partial charge is 0.178 e. The molecule has 0 spiro atoms. The molecule has 17 heavy (non-hydrogen) atoms.